The normalized spacial score (nSPS) is 45.4. The Hall–Kier alpha value is -2.23. The van der Waals surface area contributed by atoms with Gasteiger partial charge >= 0.3 is 5.97 Å². The van der Waals surface area contributed by atoms with Crippen molar-refractivity contribution in [2.24, 2.45) is 50.7 Å². The lowest BCUT2D eigenvalue weighted by Gasteiger charge is -2.64. The predicted molar refractivity (Wildman–Crippen MR) is 200 cm³/mol. The molecule has 4 saturated carbocycles. The maximum absolute atomic E-state index is 12.5. The Morgan fingerprint density at radius 1 is 0.808 bits per heavy atom. The van der Waals surface area contributed by atoms with Gasteiger partial charge in [-0.2, -0.15) is 0 Å². The number of phenols is 1. The molecular weight excluding hydrogens is 656 g/mol. The first-order valence-electron chi connectivity index (χ1n) is 20.1. The average Bonchev–Trinajstić information content (AvgIpc) is 3.24. The molecule has 1 aromatic carbocycles. The Kier molecular flexibility index (Phi) is 9.89. The third-order valence-corrected chi connectivity index (χ3v) is 16.1. The summed E-state index contributed by atoms with van der Waals surface area (Å²) in [7, 11) is 0. The van der Waals surface area contributed by atoms with Crippen LogP contribution in [0.5, 0.6) is 5.75 Å². The van der Waals surface area contributed by atoms with Crippen molar-refractivity contribution in [1.29, 1.82) is 0 Å². The van der Waals surface area contributed by atoms with Crippen molar-refractivity contribution in [2.45, 2.75) is 149 Å². The van der Waals surface area contributed by atoms with Crippen LogP contribution in [-0.2, 0) is 19.0 Å². The molecule has 0 bridgehead atoms. The fourth-order valence-electron chi connectivity index (χ4n) is 13.3. The van der Waals surface area contributed by atoms with Crippen LogP contribution >= 0.6 is 0 Å². The third kappa shape index (κ3) is 6.30. The summed E-state index contributed by atoms with van der Waals surface area (Å²) < 4.78 is 18.0. The minimum atomic E-state index is -1.36. The van der Waals surface area contributed by atoms with Crippen molar-refractivity contribution < 1.29 is 39.4 Å². The van der Waals surface area contributed by atoms with E-state index < -0.39 is 30.6 Å². The standard InChI is InChI=1S/C44H64O8/c1-40(2)31-15-11-27-24-42(5)21-18-32-41(3,4)35(20-23-44(32,7)33(42)16-14-29(27)43(31,6)22-19-34(40)46)52-39-38(49)37(48)30(25-50-39)51-36(47)17-10-26-8-12-28(45)13-9-26/h8-13,17,29-35,37-39,45-46,48-49H,14-16,18-25H2,1-7H3/t29?,30-,31?,32+,33+,34+,35-,37-,38+,39+,42-,43+,44+/m1/s1. The molecule has 1 heterocycles. The third-order valence-electron chi connectivity index (χ3n) is 16.1. The molecule has 5 aliphatic carbocycles. The van der Waals surface area contributed by atoms with Gasteiger partial charge in [0, 0.05) is 6.08 Å². The summed E-state index contributed by atoms with van der Waals surface area (Å²) in [6, 6.07) is 6.39. The van der Waals surface area contributed by atoms with Crippen LogP contribution in [0.2, 0.25) is 0 Å². The molecule has 8 heteroatoms. The minimum absolute atomic E-state index is 0.0682. The lowest BCUT2D eigenvalue weighted by atomic mass is 9.42. The molecule has 8 nitrogen and oxygen atoms in total. The Morgan fingerprint density at radius 3 is 2.25 bits per heavy atom. The SMILES string of the molecule is CC1(C)C2CC=C3C[C@@]4(C)CC[C@H]5C(C)(C)[C@H](O[C@@H]6OC[C@@H](OC(=O)C=Cc7ccc(O)cc7)[C@@H](O)[C@@H]6O)CC[C@]5(C)[C@H]4CCC3[C@]2(C)CC[C@@H]1O. The van der Waals surface area contributed by atoms with Gasteiger partial charge in [0.15, 0.2) is 12.4 Å². The highest BCUT2D eigenvalue weighted by Gasteiger charge is 2.64. The summed E-state index contributed by atoms with van der Waals surface area (Å²) in [5.41, 5.74) is 2.81. The van der Waals surface area contributed by atoms with E-state index in [2.05, 4.69) is 54.5 Å². The monoisotopic (exact) mass is 720 g/mol. The van der Waals surface area contributed by atoms with Crippen LogP contribution in [0.4, 0.5) is 0 Å². The van der Waals surface area contributed by atoms with Gasteiger partial charge in [0.05, 0.1) is 18.8 Å². The zero-order valence-electron chi connectivity index (χ0n) is 32.5. The number of ether oxygens (including phenoxy) is 3. The zero-order valence-corrected chi connectivity index (χ0v) is 32.5. The van der Waals surface area contributed by atoms with E-state index in [0.717, 1.165) is 38.5 Å². The van der Waals surface area contributed by atoms with Crippen LogP contribution in [0.3, 0.4) is 0 Å². The van der Waals surface area contributed by atoms with Gasteiger partial charge in [-0.05, 0) is 139 Å². The second kappa shape index (κ2) is 13.5. The quantitative estimate of drug-likeness (QED) is 0.106. The lowest BCUT2D eigenvalue weighted by Crippen LogP contribution is -2.61. The maximum Gasteiger partial charge on any atom is 0.331 e. The first kappa shape index (κ1) is 38.1. The van der Waals surface area contributed by atoms with Crippen molar-refractivity contribution in [3.05, 3.63) is 47.6 Å². The average molecular weight is 721 g/mol. The molecule has 1 saturated heterocycles. The molecule has 5 fully saturated rings. The van der Waals surface area contributed by atoms with Crippen LogP contribution in [0.15, 0.2) is 42.0 Å². The molecule has 288 valence electrons. The lowest BCUT2D eigenvalue weighted by molar-refractivity contribution is -0.307. The summed E-state index contributed by atoms with van der Waals surface area (Å²) >= 11 is 0. The van der Waals surface area contributed by atoms with E-state index in [-0.39, 0.29) is 51.6 Å². The van der Waals surface area contributed by atoms with Gasteiger partial charge in [0.25, 0.3) is 0 Å². The van der Waals surface area contributed by atoms with Crippen LogP contribution in [0.25, 0.3) is 6.08 Å². The summed E-state index contributed by atoms with van der Waals surface area (Å²) in [6.45, 7) is 16.9. The van der Waals surface area contributed by atoms with Crippen LogP contribution in [0, 0.1) is 50.7 Å². The fourth-order valence-corrected chi connectivity index (χ4v) is 13.3. The summed E-state index contributed by atoms with van der Waals surface area (Å²) in [5.74, 6) is 1.62. The maximum atomic E-state index is 12.5. The molecule has 0 spiro atoms. The van der Waals surface area contributed by atoms with Crippen molar-refractivity contribution in [3.8, 4) is 5.75 Å². The molecule has 13 atom stereocenters. The van der Waals surface area contributed by atoms with Crippen LogP contribution in [0.1, 0.15) is 118 Å². The van der Waals surface area contributed by atoms with Gasteiger partial charge in [-0.3, -0.25) is 0 Å². The van der Waals surface area contributed by atoms with Crippen molar-refractivity contribution in [2.75, 3.05) is 6.61 Å². The first-order valence-corrected chi connectivity index (χ1v) is 20.1. The number of fused-ring (bicyclic) bond motifs is 6. The predicted octanol–water partition coefficient (Wildman–Crippen LogP) is 7.57. The molecule has 0 radical (unpaired) electrons. The molecule has 7 rings (SSSR count). The number of carbonyl (C=O) groups is 1. The number of phenolic OH excluding ortho intramolecular Hbond substituents is 1. The first-order chi connectivity index (χ1) is 24.4. The number of aromatic hydroxyl groups is 1. The Morgan fingerprint density at radius 2 is 1.52 bits per heavy atom. The van der Waals surface area contributed by atoms with E-state index in [1.54, 1.807) is 23.8 Å². The number of aliphatic hydroxyl groups excluding tert-OH is 3. The van der Waals surface area contributed by atoms with E-state index in [4.69, 9.17) is 14.2 Å². The molecule has 6 aliphatic rings. The fraction of sp³-hybridized carbons (Fsp3) is 0.750. The van der Waals surface area contributed by atoms with Gasteiger partial charge in [-0.25, -0.2) is 4.79 Å². The van der Waals surface area contributed by atoms with E-state index in [1.165, 1.54) is 43.9 Å². The van der Waals surface area contributed by atoms with Gasteiger partial charge in [-0.1, -0.05) is 72.2 Å². The molecule has 1 aromatic rings. The van der Waals surface area contributed by atoms with Crippen LogP contribution < -0.4 is 0 Å². The zero-order chi connectivity index (χ0) is 37.4. The smallest absolute Gasteiger partial charge is 0.331 e. The summed E-state index contributed by atoms with van der Waals surface area (Å²) in [6.07, 6.45) is 11.3. The molecular formula is C44H64O8. The molecule has 0 amide bonds. The molecule has 1 aliphatic heterocycles. The highest BCUT2D eigenvalue weighted by atomic mass is 16.7. The molecule has 4 N–H and O–H groups in total. The topological polar surface area (TPSA) is 126 Å². The highest BCUT2D eigenvalue weighted by Crippen LogP contribution is 2.70. The second-order valence-electron chi connectivity index (χ2n) is 19.6. The van der Waals surface area contributed by atoms with Crippen LogP contribution in [-0.4, -0.2) is 69.8 Å². The molecule has 52 heavy (non-hydrogen) atoms. The van der Waals surface area contributed by atoms with Gasteiger partial charge < -0.3 is 34.6 Å². The van der Waals surface area contributed by atoms with E-state index in [9.17, 15) is 25.2 Å². The van der Waals surface area contributed by atoms with Crippen molar-refractivity contribution in [3.63, 3.8) is 0 Å². The van der Waals surface area contributed by atoms with E-state index in [1.807, 2.05) is 0 Å². The Labute approximate surface area is 311 Å². The van der Waals surface area contributed by atoms with Gasteiger partial charge in [0.1, 0.15) is 18.0 Å². The van der Waals surface area contributed by atoms with E-state index >= 15 is 0 Å². The Balaban J connectivity index is 1.01. The molecule has 2 unspecified atom stereocenters. The largest absolute Gasteiger partial charge is 0.508 e. The number of hydrogen-bond donors (Lipinski definition) is 4. The minimum Gasteiger partial charge on any atom is -0.508 e. The van der Waals surface area contributed by atoms with Crippen molar-refractivity contribution in [1.82, 2.24) is 0 Å². The molecule has 0 aromatic heterocycles. The number of rotatable bonds is 5. The Bertz CT molecular complexity index is 1550. The number of hydrogen-bond acceptors (Lipinski definition) is 8. The second-order valence-corrected chi connectivity index (χ2v) is 19.6. The summed E-state index contributed by atoms with van der Waals surface area (Å²) in [5, 5.41) is 42.7. The number of allylic oxidation sites excluding steroid dienone is 2. The number of benzene rings is 1. The number of aliphatic hydroxyl groups is 3. The highest BCUT2D eigenvalue weighted by molar-refractivity contribution is 5.87. The van der Waals surface area contributed by atoms with E-state index in [0.29, 0.717) is 29.2 Å². The van der Waals surface area contributed by atoms with Gasteiger partial charge in [0.2, 0.25) is 0 Å². The number of carbonyl (C=O) groups excluding carboxylic acids is 1. The summed E-state index contributed by atoms with van der Waals surface area (Å²) in [4.78, 5) is 12.5. The number of esters is 1. The van der Waals surface area contributed by atoms with Crippen molar-refractivity contribution >= 4 is 12.0 Å². The van der Waals surface area contributed by atoms with Gasteiger partial charge in [-0.15, -0.1) is 0 Å².